The summed E-state index contributed by atoms with van der Waals surface area (Å²) >= 11 is 0. The Morgan fingerprint density at radius 3 is 1.88 bits per heavy atom. The molecule has 2 atom stereocenters. The van der Waals surface area contributed by atoms with Crippen molar-refractivity contribution in [1.29, 1.82) is 0 Å². The van der Waals surface area contributed by atoms with E-state index in [1.807, 2.05) is 30.3 Å². The van der Waals surface area contributed by atoms with E-state index in [1.165, 1.54) is 32.1 Å². The van der Waals surface area contributed by atoms with E-state index in [1.54, 1.807) is 0 Å². The molecular weight excluding hydrogens is 372 g/mol. The van der Waals surface area contributed by atoms with Crippen LogP contribution in [0.2, 0.25) is 0 Å². The molecule has 6 N–H and O–H groups in total. The monoisotopic (exact) mass is 404 g/mol. The van der Waals surface area contributed by atoms with Gasteiger partial charge in [-0.1, -0.05) is 62.4 Å². The summed E-state index contributed by atoms with van der Waals surface area (Å²) in [6.45, 7) is 0. The predicted molar refractivity (Wildman–Crippen MR) is 113 cm³/mol. The normalized spacial score (nSPS) is 15.9. The highest BCUT2D eigenvalue weighted by Gasteiger charge is 2.20. The zero-order valence-corrected chi connectivity index (χ0v) is 16.9. The van der Waals surface area contributed by atoms with Gasteiger partial charge in [0.25, 0.3) is 0 Å². The highest BCUT2D eigenvalue weighted by molar-refractivity contribution is 7.59. The number of nitrogens with two attached hydrogens (primary N) is 2. The standard InChI is InChI=1S/C9H17NO2.C9H11NO2.2H2S/c2*10-8(9(11)12)6-7-4-2-1-3-5-7;;/h7-8H,1-6,10H2,(H,11,12);1-5,8H,6,10H2,(H,11,12);2*1H2/t2*8-;;/m00../s1. The third kappa shape index (κ3) is 11.4. The number of hydrogen-bond acceptors (Lipinski definition) is 4. The first kappa shape index (κ1) is 27.0. The Morgan fingerprint density at radius 1 is 0.923 bits per heavy atom. The van der Waals surface area contributed by atoms with Gasteiger partial charge in [-0.25, -0.2) is 0 Å². The van der Waals surface area contributed by atoms with Crippen LogP contribution in [0.15, 0.2) is 30.3 Å². The zero-order chi connectivity index (χ0) is 17.9. The van der Waals surface area contributed by atoms with E-state index < -0.39 is 24.0 Å². The van der Waals surface area contributed by atoms with Crippen molar-refractivity contribution < 1.29 is 19.8 Å². The van der Waals surface area contributed by atoms with Crippen LogP contribution >= 0.6 is 27.0 Å². The van der Waals surface area contributed by atoms with Crippen LogP contribution in [-0.2, 0) is 16.0 Å². The lowest BCUT2D eigenvalue weighted by molar-refractivity contribution is -0.139. The van der Waals surface area contributed by atoms with Crippen molar-refractivity contribution in [2.45, 2.75) is 57.0 Å². The van der Waals surface area contributed by atoms with Crippen LogP contribution in [0.25, 0.3) is 0 Å². The summed E-state index contributed by atoms with van der Waals surface area (Å²) in [5.74, 6) is -1.26. The first-order valence-corrected chi connectivity index (χ1v) is 8.40. The fourth-order valence-electron chi connectivity index (χ4n) is 2.84. The van der Waals surface area contributed by atoms with Crippen LogP contribution in [0.3, 0.4) is 0 Å². The molecular formula is C18H32N2O4S2. The second kappa shape index (κ2) is 14.9. The molecule has 0 amide bonds. The molecule has 0 aromatic heterocycles. The molecule has 0 heterocycles. The van der Waals surface area contributed by atoms with Gasteiger partial charge >= 0.3 is 11.9 Å². The Morgan fingerprint density at radius 2 is 1.42 bits per heavy atom. The minimum absolute atomic E-state index is 0. The maximum Gasteiger partial charge on any atom is 0.320 e. The maximum absolute atomic E-state index is 10.4. The third-order valence-electron chi connectivity index (χ3n) is 4.24. The molecule has 26 heavy (non-hydrogen) atoms. The molecule has 0 radical (unpaired) electrons. The van der Waals surface area contributed by atoms with Crippen LogP contribution in [0.5, 0.6) is 0 Å². The van der Waals surface area contributed by atoms with Crippen molar-refractivity contribution in [1.82, 2.24) is 0 Å². The van der Waals surface area contributed by atoms with Crippen molar-refractivity contribution in [2.24, 2.45) is 17.4 Å². The number of carboxylic acids is 2. The summed E-state index contributed by atoms with van der Waals surface area (Å²) in [4.78, 5) is 20.8. The van der Waals surface area contributed by atoms with E-state index in [-0.39, 0.29) is 27.0 Å². The lowest BCUT2D eigenvalue weighted by atomic mass is 9.85. The largest absolute Gasteiger partial charge is 0.480 e. The molecule has 1 aliphatic carbocycles. The molecule has 6 nitrogen and oxygen atoms in total. The van der Waals surface area contributed by atoms with Gasteiger partial charge in [0.2, 0.25) is 0 Å². The van der Waals surface area contributed by atoms with E-state index in [0.717, 1.165) is 5.56 Å². The molecule has 1 fully saturated rings. The molecule has 2 rings (SSSR count). The van der Waals surface area contributed by atoms with Crippen molar-refractivity contribution in [3.63, 3.8) is 0 Å². The number of hydrogen-bond donors (Lipinski definition) is 4. The SMILES string of the molecule is N[C@@H](CC1CCCCC1)C(=O)O.N[C@@H](Cc1ccccc1)C(=O)O.S.S. The molecule has 1 aliphatic rings. The summed E-state index contributed by atoms with van der Waals surface area (Å²) in [5, 5.41) is 17.1. The Labute approximate surface area is 169 Å². The second-order valence-corrected chi connectivity index (χ2v) is 6.32. The predicted octanol–water partition coefficient (Wildman–Crippen LogP) is 2.24. The van der Waals surface area contributed by atoms with E-state index in [0.29, 0.717) is 18.8 Å². The van der Waals surface area contributed by atoms with Crippen molar-refractivity contribution >= 4 is 38.9 Å². The van der Waals surface area contributed by atoms with Crippen LogP contribution < -0.4 is 11.5 Å². The van der Waals surface area contributed by atoms with Gasteiger partial charge in [-0.3, -0.25) is 9.59 Å². The second-order valence-electron chi connectivity index (χ2n) is 6.32. The van der Waals surface area contributed by atoms with Gasteiger partial charge in [0.15, 0.2) is 0 Å². The van der Waals surface area contributed by atoms with Gasteiger partial charge in [-0.05, 0) is 24.3 Å². The van der Waals surface area contributed by atoms with Gasteiger partial charge in [-0.15, -0.1) is 0 Å². The summed E-state index contributed by atoms with van der Waals surface area (Å²) in [5.41, 5.74) is 11.7. The third-order valence-corrected chi connectivity index (χ3v) is 4.24. The Hall–Kier alpha value is -1.22. The highest BCUT2D eigenvalue weighted by Crippen LogP contribution is 2.26. The minimum atomic E-state index is -0.959. The van der Waals surface area contributed by atoms with E-state index in [9.17, 15) is 9.59 Å². The molecule has 0 aliphatic heterocycles. The fourth-order valence-corrected chi connectivity index (χ4v) is 2.84. The van der Waals surface area contributed by atoms with Crippen molar-refractivity contribution in [3.05, 3.63) is 35.9 Å². The number of carbonyl (C=O) groups is 2. The molecule has 0 unspecified atom stereocenters. The summed E-state index contributed by atoms with van der Waals surface area (Å²) < 4.78 is 0. The Balaban J connectivity index is 0. The molecule has 0 spiro atoms. The van der Waals surface area contributed by atoms with Crippen molar-refractivity contribution in [3.8, 4) is 0 Å². The summed E-state index contributed by atoms with van der Waals surface area (Å²) in [6.07, 6.45) is 7.18. The highest BCUT2D eigenvalue weighted by atomic mass is 32.1. The Kier molecular flexibility index (Phi) is 15.5. The molecule has 1 aromatic rings. The smallest absolute Gasteiger partial charge is 0.320 e. The molecule has 0 bridgehead atoms. The molecule has 1 saturated carbocycles. The quantitative estimate of drug-likeness (QED) is 0.576. The fraction of sp³-hybridized carbons (Fsp3) is 0.556. The number of aliphatic carboxylic acids is 2. The van der Waals surface area contributed by atoms with Crippen LogP contribution in [-0.4, -0.2) is 34.2 Å². The van der Waals surface area contributed by atoms with Gasteiger partial charge in [0.1, 0.15) is 12.1 Å². The lowest BCUT2D eigenvalue weighted by Crippen LogP contribution is -2.32. The first-order valence-electron chi connectivity index (χ1n) is 8.40. The van der Waals surface area contributed by atoms with Crippen LogP contribution in [0.1, 0.15) is 44.1 Å². The summed E-state index contributed by atoms with van der Waals surface area (Å²) in [6, 6.07) is 7.90. The molecule has 150 valence electrons. The Bertz CT molecular complexity index is 511. The minimum Gasteiger partial charge on any atom is -0.480 e. The van der Waals surface area contributed by atoms with Crippen LogP contribution in [0, 0.1) is 5.92 Å². The van der Waals surface area contributed by atoms with Crippen molar-refractivity contribution in [2.75, 3.05) is 0 Å². The number of rotatable bonds is 6. The molecule has 1 aromatic carbocycles. The van der Waals surface area contributed by atoms with Gasteiger partial charge in [0, 0.05) is 0 Å². The first-order chi connectivity index (χ1) is 11.4. The van der Waals surface area contributed by atoms with Crippen LogP contribution in [0.4, 0.5) is 0 Å². The number of carboxylic acid groups (broad SMARTS) is 2. The molecule has 8 heteroatoms. The van der Waals surface area contributed by atoms with Gasteiger partial charge in [-0.2, -0.15) is 27.0 Å². The average molecular weight is 405 g/mol. The topological polar surface area (TPSA) is 127 Å². The number of benzene rings is 1. The maximum atomic E-state index is 10.4. The van der Waals surface area contributed by atoms with Gasteiger partial charge < -0.3 is 21.7 Å². The average Bonchev–Trinajstić information content (AvgIpc) is 2.57. The van der Waals surface area contributed by atoms with E-state index >= 15 is 0 Å². The zero-order valence-electron chi connectivity index (χ0n) is 14.9. The van der Waals surface area contributed by atoms with E-state index in [4.69, 9.17) is 21.7 Å². The van der Waals surface area contributed by atoms with E-state index in [2.05, 4.69) is 0 Å². The lowest BCUT2D eigenvalue weighted by Gasteiger charge is -2.22. The molecule has 0 saturated heterocycles. The summed E-state index contributed by atoms with van der Waals surface area (Å²) in [7, 11) is 0. The van der Waals surface area contributed by atoms with Gasteiger partial charge in [0.05, 0.1) is 0 Å².